The predicted octanol–water partition coefficient (Wildman–Crippen LogP) is 7.30. The number of aromatic nitrogens is 4. The van der Waals surface area contributed by atoms with E-state index in [1.54, 1.807) is 4.90 Å². The van der Waals surface area contributed by atoms with Crippen molar-refractivity contribution < 1.29 is 38.2 Å². The number of ether oxygens (including phenoxy) is 3. The van der Waals surface area contributed by atoms with Gasteiger partial charge in [-0.25, -0.2) is 19.6 Å². The monoisotopic (exact) mass is 915 g/mol. The Labute approximate surface area is 389 Å². The largest absolute Gasteiger partial charge is 0.493 e. The number of nitrogens with one attached hydrogen (secondary N) is 5. The summed E-state index contributed by atoms with van der Waals surface area (Å²) >= 11 is 0. The van der Waals surface area contributed by atoms with E-state index in [0.717, 1.165) is 100 Å². The van der Waals surface area contributed by atoms with Crippen molar-refractivity contribution >= 4 is 57.7 Å². The number of fused-ring (bicyclic) bond motifs is 4. The van der Waals surface area contributed by atoms with Gasteiger partial charge in [0.1, 0.15) is 29.5 Å². The fraction of sp³-hybridized carbons (Fsp3) is 0.500. The Morgan fingerprint density at radius 3 is 1.79 bits per heavy atom. The van der Waals surface area contributed by atoms with Crippen molar-refractivity contribution in [2.24, 2.45) is 11.8 Å². The maximum Gasteiger partial charge on any atom is 0.407 e. The number of aryl methyl sites for hydroxylation is 2. The summed E-state index contributed by atoms with van der Waals surface area (Å²) in [6, 6.07) is 14.5. The molecule has 67 heavy (non-hydrogen) atoms. The van der Waals surface area contributed by atoms with Crippen molar-refractivity contribution in [1.29, 1.82) is 0 Å². The molecule has 6 unspecified atom stereocenters. The Hall–Kier alpha value is -6.65. The molecule has 354 valence electrons. The van der Waals surface area contributed by atoms with E-state index in [0.29, 0.717) is 38.4 Å². The van der Waals surface area contributed by atoms with Gasteiger partial charge < -0.3 is 49.9 Å². The number of hydrogen-bond donors (Lipinski definition) is 5. The van der Waals surface area contributed by atoms with Crippen molar-refractivity contribution in [3.05, 3.63) is 82.4 Å². The van der Waals surface area contributed by atoms with Gasteiger partial charge in [0.25, 0.3) is 0 Å². The number of imidazole rings is 2. The number of carbonyl (C=O) groups is 5. The highest BCUT2D eigenvalue weighted by atomic mass is 16.5. The van der Waals surface area contributed by atoms with Crippen LogP contribution in [-0.4, -0.2) is 106 Å². The molecule has 2 saturated heterocycles. The maximum absolute atomic E-state index is 14.0. The van der Waals surface area contributed by atoms with E-state index in [2.05, 4.69) is 50.2 Å². The molecule has 4 aliphatic heterocycles. The van der Waals surface area contributed by atoms with Crippen LogP contribution in [0.4, 0.5) is 15.3 Å². The van der Waals surface area contributed by atoms with Crippen LogP contribution in [0.2, 0.25) is 0 Å². The van der Waals surface area contributed by atoms with Crippen LogP contribution < -0.4 is 20.7 Å². The Morgan fingerprint density at radius 2 is 1.24 bits per heavy atom. The van der Waals surface area contributed by atoms with Crippen molar-refractivity contribution in [2.45, 2.75) is 115 Å². The lowest BCUT2D eigenvalue weighted by Crippen LogP contribution is -2.51. The molecule has 0 radical (unpaired) electrons. The lowest BCUT2D eigenvalue weighted by atomic mass is 9.91. The van der Waals surface area contributed by atoms with E-state index >= 15 is 0 Å². The summed E-state index contributed by atoms with van der Waals surface area (Å²) in [5.74, 6) is 1.38. The first-order valence-corrected chi connectivity index (χ1v) is 23.7. The third kappa shape index (κ3) is 9.11. The summed E-state index contributed by atoms with van der Waals surface area (Å²) in [5.41, 5.74) is 8.22. The molecule has 6 atom stereocenters. The molecule has 0 aliphatic carbocycles. The predicted molar refractivity (Wildman–Crippen MR) is 251 cm³/mol. The minimum absolute atomic E-state index is 0.0643. The quantitative estimate of drug-likeness (QED) is 0.0943. The Kier molecular flexibility index (Phi) is 12.8. The number of alkyl carbamates (subject to hydrolysis) is 2. The van der Waals surface area contributed by atoms with Crippen LogP contribution in [0.15, 0.2) is 48.5 Å². The van der Waals surface area contributed by atoms with E-state index in [1.807, 2.05) is 56.9 Å². The van der Waals surface area contributed by atoms with Gasteiger partial charge in [0.2, 0.25) is 17.7 Å². The standard InChI is InChI=1S/C50H61N9O8/c1-26(2)42(56-49(63)65-5)47(61)58-19-7-9-39(58)44-51-34-17-14-28(21-37(34)53-44)32-12-11-31-23-36-30(24-41(31)67-25-32)13-16-33(46(60)55-36)29-15-18-35-38(22-29)54-45(52-35)40-10-8-20-59(40)48(62)43(27(3)4)57-50(64)66-6/h14-15,17-18,21-24,26-27,32-33,39-40,42-43H,7-13,16,19-20,25H2,1-6H3,(H,51,53)(H,52,54)(H,55,60)(H,56,63)(H,57,64). The number of nitrogens with zero attached hydrogens (tertiary/aromatic N) is 4. The molecule has 4 aliphatic rings. The molecule has 2 aromatic heterocycles. The van der Waals surface area contributed by atoms with Gasteiger partial charge in [-0.2, -0.15) is 0 Å². The number of aromatic amines is 2. The average molecular weight is 916 g/mol. The van der Waals surface area contributed by atoms with Crippen molar-refractivity contribution in [3.63, 3.8) is 0 Å². The number of rotatable bonds is 10. The topological polar surface area (TPSA) is 213 Å². The smallest absolute Gasteiger partial charge is 0.407 e. The number of carbonyl (C=O) groups excluding carboxylic acids is 5. The van der Waals surface area contributed by atoms with Gasteiger partial charge in [-0.3, -0.25) is 14.4 Å². The lowest BCUT2D eigenvalue weighted by molar-refractivity contribution is -0.136. The molecule has 3 aromatic carbocycles. The van der Waals surface area contributed by atoms with E-state index in [9.17, 15) is 24.0 Å². The summed E-state index contributed by atoms with van der Waals surface area (Å²) in [5, 5.41) is 8.67. The normalized spacial score (nSPS) is 21.5. The number of anilines is 1. The molecule has 17 heteroatoms. The van der Waals surface area contributed by atoms with Crippen LogP contribution in [0.3, 0.4) is 0 Å². The molecule has 5 amide bonds. The van der Waals surface area contributed by atoms with Gasteiger partial charge in [0, 0.05) is 24.7 Å². The van der Waals surface area contributed by atoms with E-state index < -0.39 is 24.3 Å². The highest BCUT2D eigenvalue weighted by Crippen LogP contribution is 2.40. The van der Waals surface area contributed by atoms with Gasteiger partial charge in [0.15, 0.2) is 0 Å². The Bertz CT molecular complexity index is 2710. The van der Waals surface area contributed by atoms with Crippen LogP contribution in [0.1, 0.15) is 124 Å². The van der Waals surface area contributed by atoms with Crippen LogP contribution >= 0.6 is 0 Å². The zero-order chi connectivity index (χ0) is 47.1. The second-order valence-corrected chi connectivity index (χ2v) is 19.1. The first kappa shape index (κ1) is 45.5. The van der Waals surface area contributed by atoms with Crippen LogP contribution in [0.25, 0.3) is 22.1 Å². The Morgan fingerprint density at radius 1 is 0.701 bits per heavy atom. The number of benzene rings is 3. The number of methoxy groups -OCH3 is 2. The first-order valence-electron chi connectivity index (χ1n) is 23.7. The molecule has 0 bridgehead atoms. The minimum Gasteiger partial charge on any atom is -0.493 e. The molecule has 5 N–H and O–H groups in total. The van der Waals surface area contributed by atoms with Crippen molar-refractivity contribution in [1.82, 2.24) is 40.4 Å². The zero-order valence-corrected chi connectivity index (χ0v) is 39.1. The molecular weight excluding hydrogens is 855 g/mol. The third-order valence-corrected chi connectivity index (χ3v) is 14.2. The summed E-state index contributed by atoms with van der Waals surface area (Å²) in [7, 11) is 2.58. The van der Waals surface area contributed by atoms with Gasteiger partial charge in [0.05, 0.1) is 60.9 Å². The zero-order valence-electron chi connectivity index (χ0n) is 39.1. The van der Waals surface area contributed by atoms with Gasteiger partial charge >= 0.3 is 12.2 Å². The van der Waals surface area contributed by atoms with Gasteiger partial charge in [-0.05, 0) is 122 Å². The van der Waals surface area contributed by atoms with Crippen LogP contribution in [0.5, 0.6) is 5.75 Å². The van der Waals surface area contributed by atoms with E-state index in [-0.39, 0.29) is 53.5 Å². The van der Waals surface area contributed by atoms with E-state index in [1.165, 1.54) is 14.2 Å². The lowest BCUT2D eigenvalue weighted by Gasteiger charge is -2.29. The molecule has 0 saturated carbocycles. The Balaban J connectivity index is 0.857. The van der Waals surface area contributed by atoms with Crippen molar-refractivity contribution in [2.75, 3.05) is 39.2 Å². The SMILES string of the molecule is COC(=O)NC(C(=O)N1CCCC1c1nc2ccc(C3CCc4cc5c(cc4OC3)CCC(c3ccc4nc(C6CCCN6C(=O)C(NC(=O)OC)C(C)C)[nH]c4c3)C(=O)N5)cc2[nH]1)C(C)C. The molecule has 0 spiro atoms. The summed E-state index contributed by atoms with van der Waals surface area (Å²) in [4.78, 5) is 86.0. The van der Waals surface area contributed by atoms with Crippen molar-refractivity contribution in [3.8, 4) is 5.75 Å². The highest BCUT2D eigenvalue weighted by molar-refractivity contribution is 5.98. The fourth-order valence-corrected chi connectivity index (χ4v) is 10.4. The summed E-state index contributed by atoms with van der Waals surface area (Å²) in [6.45, 7) is 9.25. The van der Waals surface area contributed by atoms with Gasteiger partial charge in [-0.1, -0.05) is 39.8 Å². The summed E-state index contributed by atoms with van der Waals surface area (Å²) < 4.78 is 16.1. The van der Waals surface area contributed by atoms with Crippen LogP contribution in [0, 0.1) is 11.8 Å². The second-order valence-electron chi connectivity index (χ2n) is 19.1. The second kappa shape index (κ2) is 18.9. The molecular formula is C50H61N9O8. The number of H-pyrrole nitrogens is 2. The third-order valence-electron chi connectivity index (χ3n) is 14.2. The molecule has 6 heterocycles. The molecule has 9 rings (SSSR count). The number of likely N-dealkylation sites (tertiary alicyclic amines) is 2. The highest BCUT2D eigenvalue weighted by Gasteiger charge is 2.39. The van der Waals surface area contributed by atoms with Gasteiger partial charge in [-0.15, -0.1) is 0 Å². The molecule has 2 fully saturated rings. The first-order chi connectivity index (χ1) is 32.3. The molecule has 17 nitrogen and oxygen atoms in total. The number of hydrogen-bond acceptors (Lipinski definition) is 10. The minimum atomic E-state index is -0.722. The van der Waals surface area contributed by atoms with E-state index in [4.69, 9.17) is 24.2 Å². The van der Waals surface area contributed by atoms with Crippen LogP contribution in [-0.2, 0) is 36.7 Å². The number of amides is 5. The maximum atomic E-state index is 14.0. The fourth-order valence-electron chi connectivity index (χ4n) is 10.4. The summed E-state index contributed by atoms with van der Waals surface area (Å²) in [6.07, 6.45) is 4.82. The average Bonchev–Trinajstić information content (AvgIpc) is 4.13. The molecule has 5 aromatic rings.